The first-order chi connectivity index (χ1) is 36.0. The number of nitrogens with one attached hydrogen (secondary N) is 4. The van der Waals surface area contributed by atoms with E-state index in [4.69, 9.17) is 37.6 Å². The molecule has 0 aromatic heterocycles. The second kappa shape index (κ2) is 22.9. The highest BCUT2D eigenvalue weighted by Crippen LogP contribution is 2.50. The number of carbonyl (C=O) groups excluding carboxylic acids is 5. The summed E-state index contributed by atoms with van der Waals surface area (Å²) in [5, 5.41) is 35.9. The predicted molar refractivity (Wildman–Crippen MR) is 286 cm³/mol. The van der Waals surface area contributed by atoms with Gasteiger partial charge in [-0.3, -0.25) is 24.5 Å². The van der Waals surface area contributed by atoms with Crippen LogP contribution < -0.4 is 45.0 Å². The zero-order valence-electron chi connectivity index (χ0n) is 46.4. The Morgan fingerprint density at radius 1 is 0.701 bits per heavy atom. The molecule has 5 atom stereocenters. The third kappa shape index (κ3) is 12.5. The number of hydrogen-bond donors (Lipinski definition) is 5. The second-order valence-corrected chi connectivity index (χ2v) is 27.2. The lowest BCUT2D eigenvalue weighted by molar-refractivity contribution is -0.385. The number of ether oxygens (including phenoxy) is 7. The van der Waals surface area contributed by atoms with Crippen molar-refractivity contribution in [2.24, 2.45) is 0 Å². The lowest BCUT2D eigenvalue weighted by Gasteiger charge is -2.46. The minimum atomic E-state index is -3.25. The summed E-state index contributed by atoms with van der Waals surface area (Å²) < 4.78 is 48.5. The first-order valence-corrected chi connectivity index (χ1v) is 27.3. The molecule has 4 amide bonds. The van der Waals surface area contributed by atoms with E-state index in [1.54, 1.807) is 47.6 Å². The summed E-state index contributed by atoms with van der Waals surface area (Å²) in [6.45, 7) is 21.7. The van der Waals surface area contributed by atoms with Gasteiger partial charge in [0.15, 0.2) is 17.5 Å². The number of methoxy groups -OCH3 is 4. The monoisotopic (exact) mass is 1090 g/mol. The Morgan fingerprint density at radius 3 is 1.88 bits per heavy atom. The minimum Gasteiger partial charge on any atom is -0.504 e. The lowest BCUT2D eigenvalue weighted by Crippen LogP contribution is -2.58. The molecule has 0 unspecified atom stereocenters. The first-order valence-electron chi connectivity index (χ1n) is 25.1. The Kier molecular flexibility index (Phi) is 17.5. The van der Waals surface area contributed by atoms with Crippen LogP contribution in [0.3, 0.4) is 0 Å². The van der Waals surface area contributed by atoms with Gasteiger partial charge in [-0.2, -0.15) is 0 Å². The summed E-state index contributed by atoms with van der Waals surface area (Å²) in [6, 6.07) is 6.69. The van der Waals surface area contributed by atoms with Crippen molar-refractivity contribution < 1.29 is 71.6 Å². The highest BCUT2D eigenvalue weighted by Gasteiger charge is 2.51. The molecule has 0 saturated carbocycles. The van der Waals surface area contributed by atoms with Gasteiger partial charge in [-0.05, 0) is 111 Å². The third-order valence-electron chi connectivity index (χ3n) is 13.3. The quantitative estimate of drug-likeness (QED) is 0.0382. The Balaban J connectivity index is 1.82. The van der Waals surface area contributed by atoms with Crippen LogP contribution >= 0.6 is 0 Å². The summed E-state index contributed by atoms with van der Waals surface area (Å²) >= 11 is 0. The maximum absolute atomic E-state index is 16.0. The fourth-order valence-corrected chi connectivity index (χ4v) is 15.7. The minimum absolute atomic E-state index is 0.0394. The summed E-state index contributed by atoms with van der Waals surface area (Å²) in [5.41, 5.74) is -2.88. The molecule has 8 bridgehead atoms. The van der Waals surface area contributed by atoms with Crippen LogP contribution in [-0.4, -0.2) is 93.8 Å². The van der Waals surface area contributed by atoms with Crippen LogP contribution in [0.2, 0.25) is 16.6 Å². The van der Waals surface area contributed by atoms with Crippen molar-refractivity contribution in [3.05, 3.63) is 93.0 Å². The van der Waals surface area contributed by atoms with Crippen LogP contribution in [0.15, 0.2) is 60.7 Å². The van der Waals surface area contributed by atoms with Gasteiger partial charge in [0.05, 0.1) is 33.4 Å². The van der Waals surface area contributed by atoms with E-state index in [1.807, 2.05) is 41.5 Å². The number of phenols is 1. The molecule has 0 aliphatic carbocycles. The molecule has 77 heavy (non-hydrogen) atoms. The average molecular weight is 1090 g/mol. The molecule has 0 saturated heterocycles. The van der Waals surface area contributed by atoms with Gasteiger partial charge in [0.1, 0.15) is 52.7 Å². The van der Waals surface area contributed by atoms with Gasteiger partial charge in [0, 0.05) is 28.8 Å². The lowest BCUT2D eigenvalue weighted by atomic mass is 9.89. The fourth-order valence-electron chi connectivity index (χ4n) is 10.2. The number of hydrogen-bond acceptors (Lipinski definition) is 16. The van der Waals surface area contributed by atoms with Crippen LogP contribution in [0.25, 0.3) is 11.1 Å². The normalized spacial score (nSPS) is 18.9. The van der Waals surface area contributed by atoms with Gasteiger partial charge < -0.3 is 64.0 Å². The SMILES string of the molecule is COc1cc(OC)c2c(c1)[C@@H](C(=O)OC(C)(C)C)NC(=O)[C@H]1NC(=O)[C@H](NC(=O)[C@H](NC(=O)OC(C)(C)C)c3cc(O)c(OC)c(c3)Oc3ccc(cc3[N+](=O)[O-])[C@H]1O[Si](C(C)C)(C(C)C)C(C)C)c1ccc(OC)c-2c1. The van der Waals surface area contributed by atoms with Crippen molar-refractivity contribution in [1.29, 1.82) is 0 Å². The summed E-state index contributed by atoms with van der Waals surface area (Å²) in [5.74, 6) is -5.08. The van der Waals surface area contributed by atoms with E-state index in [0.717, 1.165) is 12.1 Å². The van der Waals surface area contributed by atoms with E-state index in [-0.39, 0.29) is 84.5 Å². The number of fused-ring (bicyclic) bond motifs is 8. The second-order valence-electron chi connectivity index (χ2n) is 21.7. The molecule has 21 nitrogen and oxygen atoms in total. The number of aromatic hydroxyl groups is 1. The average Bonchev–Trinajstić information content (AvgIpc) is 3.35. The van der Waals surface area contributed by atoms with Crippen molar-refractivity contribution in [1.82, 2.24) is 21.3 Å². The topological polar surface area (TPSA) is 271 Å². The number of esters is 1. The number of nitrogens with zero attached hydrogens (tertiary/aromatic N) is 1. The number of amides is 4. The molecule has 3 aliphatic heterocycles. The molecule has 3 heterocycles. The van der Waals surface area contributed by atoms with Gasteiger partial charge in [0.25, 0.3) is 0 Å². The van der Waals surface area contributed by atoms with E-state index < -0.39 is 95.9 Å². The molecule has 416 valence electrons. The van der Waals surface area contributed by atoms with Crippen LogP contribution in [-0.2, 0) is 33.1 Å². The fraction of sp³-hybridized carbons (Fsp3) is 0.473. The smallest absolute Gasteiger partial charge is 0.408 e. The number of alkyl carbamates (subject to hydrolysis) is 1. The molecular formula is C55H71N5O16Si. The highest BCUT2D eigenvalue weighted by molar-refractivity contribution is 6.77. The van der Waals surface area contributed by atoms with Gasteiger partial charge in [-0.15, -0.1) is 0 Å². The van der Waals surface area contributed by atoms with Gasteiger partial charge in [-0.1, -0.05) is 53.7 Å². The number of nitro groups is 1. The number of rotatable bonds is 12. The maximum atomic E-state index is 16.0. The first kappa shape index (κ1) is 58.7. The Labute approximate surface area is 449 Å². The zero-order valence-corrected chi connectivity index (χ0v) is 47.4. The van der Waals surface area contributed by atoms with E-state index in [2.05, 4.69) is 21.3 Å². The van der Waals surface area contributed by atoms with Crippen molar-refractivity contribution in [2.75, 3.05) is 28.4 Å². The Bertz CT molecular complexity index is 2910. The van der Waals surface area contributed by atoms with Crippen LogP contribution in [0, 0.1) is 10.1 Å². The van der Waals surface area contributed by atoms with E-state index in [0.29, 0.717) is 0 Å². The summed E-state index contributed by atoms with van der Waals surface area (Å²) in [7, 11) is 2.16. The van der Waals surface area contributed by atoms with Crippen molar-refractivity contribution in [3.63, 3.8) is 0 Å². The standard InChI is InChI=1S/C55H71N5O16Si/c1-27(2)77(28(3)4,29(5)6)76-47-31-18-20-39(36(22-31)60(67)68)73-41-24-32(23-37(61)48(41)72-16)44(59-53(66)75-55(10,11)12)50(63)56-43-30-17-19-38(70-14)34(21-30)42-35(25-33(69-13)26-40(42)71-15)45(52(65)74-54(7,8)9)57-51(64)46(47)58-49(43)62/h17-29,43-47,61H,1-16H3,(H,56,63)(H,57,64)(H,58,62)(H,59,66)/t43-,44-,45+,46+,47-/m1/s1. The third-order valence-corrected chi connectivity index (χ3v) is 19.4. The number of phenolic OH excluding ortho intramolecular Hbond substituents is 1. The van der Waals surface area contributed by atoms with Crippen molar-refractivity contribution >= 4 is 43.8 Å². The number of benzene rings is 4. The largest absolute Gasteiger partial charge is 0.504 e. The molecule has 0 spiro atoms. The van der Waals surface area contributed by atoms with Crippen molar-refractivity contribution in [2.45, 2.75) is 141 Å². The van der Waals surface area contributed by atoms with Crippen LogP contribution in [0.1, 0.15) is 130 Å². The van der Waals surface area contributed by atoms with Gasteiger partial charge >= 0.3 is 17.7 Å². The van der Waals surface area contributed by atoms with E-state index in [9.17, 15) is 24.8 Å². The number of nitro benzene ring substituents is 1. The van der Waals surface area contributed by atoms with E-state index in [1.165, 1.54) is 70.9 Å². The van der Waals surface area contributed by atoms with Crippen LogP contribution in [0.4, 0.5) is 10.5 Å². The summed E-state index contributed by atoms with van der Waals surface area (Å²) in [6.07, 6.45) is -2.67. The molecule has 7 rings (SSSR count). The molecule has 3 aliphatic rings. The maximum Gasteiger partial charge on any atom is 0.408 e. The van der Waals surface area contributed by atoms with Gasteiger partial charge in [-0.25, -0.2) is 9.59 Å². The van der Waals surface area contributed by atoms with Gasteiger partial charge in [0.2, 0.25) is 37.5 Å². The predicted octanol–water partition coefficient (Wildman–Crippen LogP) is 9.46. The molecule has 0 radical (unpaired) electrons. The molecule has 22 heteroatoms. The Hall–Kier alpha value is -7.59. The van der Waals surface area contributed by atoms with Crippen LogP contribution in [0.5, 0.6) is 40.2 Å². The summed E-state index contributed by atoms with van der Waals surface area (Å²) in [4.78, 5) is 88.2. The molecule has 0 fully saturated rings. The number of carbonyl (C=O) groups is 5. The molecule has 4 aromatic rings. The zero-order chi connectivity index (χ0) is 57.2. The van der Waals surface area contributed by atoms with E-state index >= 15 is 14.4 Å². The highest BCUT2D eigenvalue weighted by atomic mass is 28.4. The molecule has 4 aromatic carbocycles. The van der Waals surface area contributed by atoms with Crippen molar-refractivity contribution in [3.8, 4) is 51.4 Å². The molecule has 5 N–H and O–H groups in total. The Morgan fingerprint density at radius 2 is 1.32 bits per heavy atom. The molecular weight excluding hydrogens is 1010 g/mol.